The van der Waals surface area contributed by atoms with Crippen molar-refractivity contribution in [2.75, 3.05) is 27.2 Å². The number of nitrogens with zero attached hydrogens (tertiary/aromatic N) is 2. The summed E-state index contributed by atoms with van der Waals surface area (Å²) in [5.41, 5.74) is 0.657. The summed E-state index contributed by atoms with van der Waals surface area (Å²) < 4.78 is 5.43. The van der Waals surface area contributed by atoms with Crippen molar-refractivity contribution in [1.82, 2.24) is 9.88 Å². The van der Waals surface area contributed by atoms with Gasteiger partial charge in [0.2, 0.25) is 0 Å². The van der Waals surface area contributed by atoms with E-state index in [4.69, 9.17) is 9.84 Å². The van der Waals surface area contributed by atoms with Crippen LogP contribution in [0, 0.1) is 0 Å². The Morgan fingerprint density at radius 1 is 1.43 bits per heavy atom. The largest absolute Gasteiger partial charge is 0.491 e. The zero-order valence-electron chi connectivity index (χ0n) is 8.60. The molecule has 78 valence electrons. The van der Waals surface area contributed by atoms with E-state index >= 15 is 0 Å². The molecule has 1 N–H and O–H groups in total. The number of pyridine rings is 1. The Bertz CT molecular complexity index is 259. The minimum Gasteiger partial charge on any atom is -0.491 e. The molecule has 0 saturated carbocycles. The van der Waals surface area contributed by atoms with Gasteiger partial charge in [-0.3, -0.25) is 4.98 Å². The van der Waals surface area contributed by atoms with E-state index < -0.39 is 0 Å². The van der Waals surface area contributed by atoms with E-state index in [1.165, 1.54) is 0 Å². The van der Waals surface area contributed by atoms with Crippen molar-refractivity contribution in [1.29, 1.82) is 0 Å². The third kappa shape index (κ3) is 3.72. The highest BCUT2D eigenvalue weighted by molar-refractivity contribution is 5.19. The lowest BCUT2D eigenvalue weighted by Gasteiger charge is -2.10. The first-order valence-electron chi connectivity index (χ1n) is 4.55. The first-order chi connectivity index (χ1) is 6.72. The maximum atomic E-state index is 8.77. The Labute approximate surface area is 84.1 Å². The van der Waals surface area contributed by atoms with Gasteiger partial charge in [0, 0.05) is 6.54 Å². The molecule has 0 aliphatic heterocycles. The molecule has 1 aromatic heterocycles. The minimum absolute atomic E-state index is 0.0298. The Morgan fingerprint density at radius 2 is 2.21 bits per heavy atom. The third-order valence-corrected chi connectivity index (χ3v) is 1.77. The maximum absolute atomic E-state index is 8.77. The topological polar surface area (TPSA) is 45.6 Å². The van der Waals surface area contributed by atoms with Crippen LogP contribution in [0.2, 0.25) is 0 Å². The van der Waals surface area contributed by atoms with Crippen molar-refractivity contribution >= 4 is 0 Å². The molecule has 0 unspecified atom stereocenters. The SMILES string of the molecule is CN(C)CCOc1ccc(CO)nc1. The Balaban J connectivity index is 2.36. The molecule has 0 fully saturated rings. The number of hydrogen-bond donors (Lipinski definition) is 1. The summed E-state index contributed by atoms with van der Waals surface area (Å²) in [7, 11) is 3.99. The summed E-state index contributed by atoms with van der Waals surface area (Å²) in [5, 5.41) is 8.77. The summed E-state index contributed by atoms with van der Waals surface area (Å²) in [4.78, 5) is 6.06. The van der Waals surface area contributed by atoms with Crippen molar-refractivity contribution in [2.45, 2.75) is 6.61 Å². The van der Waals surface area contributed by atoms with Crippen molar-refractivity contribution in [3.05, 3.63) is 24.0 Å². The molecule has 4 nitrogen and oxygen atoms in total. The fourth-order valence-corrected chi connectivity index (χ4v) is 0.936. The highest BCUT2D eigenvalue weighted by Crippen LogP contribution is 2.08. The fraction of sp³-hybridized carbons (Fsp3) is 0.500. The average molecular weight is 196 g/mol. The van der Waals surface area contributed by atoms with Crippen molar-refractivity contribution in [2.24, 2.45) is 0 Å². The van der Waals surface area contributed by atoms with Crippen LogP contribution >= 0.6 is 0 Å². The van der Waals surface area contributed by atoms with Crippen LogP contribution < -0.4 is 4.74 Å². The summed E-state index contributed by atoms with van der Waals surface area (Å²) >= 11 is 0. The molecule has 1 heterocycles. The highest BCUT2D eigenvalue weighted by atomic mass is 16.5. The average Bonchev–Trinajstić information content (AvgIpc) is 2.18. The molecule has 1 rings (SSSR count). The van der Waals surface area contributed by atoms with Gasteiger partial charge >= 0.3 is 0 Å². The lowest BCUT2D eigenvalue weighted by atomic mass is 10.3. The standard InChI is InChI=1S/C10H16N2O2/c1-12(2)5-6-14-10-4-3-9(8-13)11-7-10/h3-4,7,13H,5-6,8H2,1-2H3. The van der Waals surface area contributed by atoms with Crippen molar-refractivity contribution in [3.63, 3.8) is 0 Å². The Morgan fingerprint density at radius 3 is 2.71 bits per heavy atom. The van der Waals surface area contributed by atoms with Crippen LogP contribution in [-0.4, -0.2) is 42.2 Å². The number of aromatic nitrogens is 1. The van der Waals surface area contributed by atoms with E-state index in [-0.39, 0.29) is 6.61 Å². The molecule has 1 aromatic rings. The Kier molecular flexibility index (Phi) is 4.35. The number of ether oxygens (including phenoxy) is 1. The van der Waals surface area contributed by atoms with Gasteiger partial charge < -0.3 is 14.7 Å². The number of hydrogen-bond acceptors (Lipinski definition) is 4. The molecular weight excluding hydrogens is 180 g/mol. The summed E-state index contributed by atoms with van der Waals surface area (Å²) in [5.74, 6) is 0.740. The lowest BCUT2D eigenvalue weighted by molar-refractivity contribution is 0.258. The van der Waals surface area contributed by atoms with Crippen LogP contribution in [-0.2, 0) is 6.61 Å². The number of likely N-dealkylation sites (N-methyl/N-ethyl adjacent to an activating group) is 1. The molecule has 0 aliphatic rings. The minimum atomic E-state index is -0.0298. The van der Waals surface area contributed by atoms with Gasteiger partial charge in [-0.05, 0) is 26.2 Å². The van der Waals surface area contributed by atoms with E-state index in [9.17, 15) is 0 Å². The zero-order chi connectivity index (χ0) is 10.4. The molecule has 0 atom stereocenters. The summed E-state index contributed by atoms with van der Waals surface area (Å²) in [6.07, 6.45) is 1.63. The summed E-state index contributed by atoms with van der Waals surface area (Å²) in [6.45, 7) is 1.49. The van der Waals surface area contributed by atoms with E-state index in [1.54, 1.807) is 12.3 Å². The second-order valence-electron chi connectivity index (χ2n) is 3.30. The van der Waals surface area contributed by atoms with E-state index in [0.29, 0.717) is 12.3 Å². The molecule has 0 amide bonds. The molecule has 14 heavy (non-hydrogen) atoms. The molecular formula is C10H16N2O2. The third-order valence-electron chi connectivity index (χ3n) is 1.77. The molecule has 0 saturated heterocycles. The van der Waals surface area contributed by atoms with E-state index in [1.807, 2.05) is 20.2 Å². The maximum Gasteiger partial charge on any atom is 0.137 e. The van der Waals surface area contributed by atoms with Gasteiger partial charge in [-0.1, -0.05) is 0 Å². The van der Waals surface area contributed by atoms with Gasteiger partial charge in [0.05, 0.1) is 18.5 Å². The second kappa shape index (κ2) is 5.57. The van der Waals surface area contributed by atoms with Gasteiger partial charge in [-0.2, -0.15) is 0 Å². The molecule has 0 aliphatic carbocycles. The number of rotatable bonds is 5. The van der Waals surface area contributed by atoms with Gasteiger partial charge in [0.15, 0.2) is 0 Å². The molecule has 0 radical (unpaired) electrons. The van der Waals surface area contributed by atoms with Crippen LogP contribution in [0.3, 0.4) is 0 Å². The zero-order valence-corrected chi connectivity index (χ0v) is 8.60. The lowest BCUT2D eigenvalue weighted by Crippen LogP contribution is -2.19. The fourth-order valence-electron chi connectivity index (χ4n) is 0.936. The van der Waals surface area contributed by atoms with Crippen LogP contribution in [0.5, 0.6) is 5.75 Å². The van der Waals surface area contributed by atoms with Crippen LogP contribution in [0.1, 0.15) is 5.69 Å². The highest BCUT2D eigenvalue weighted by Gasteiger charge is 1.96. The normalized spacial score (nSPS) is 10.6. The smallest absolute Gasteiger partial charge is 0.137 e. The van der Waals surface area contributed by atoms with Crippen molar-refractivity contribution in [3.8, 4) is 5.75 Å². The molecule has 4 heteroatoms. The van der Waals surface area contributed by atoms with Gasteiger partial charge in [0.1, 0.15) is 12.4 Å². The molecule has 0 aromatic carbocycles. The van der Waals surface area contributed by atoms with E-state index in [0.717, 1.165) is 12.3 Å². The predicted molar refractivity (Wildman–Crippen MR) is 54.2 cm³/mol. The van der Waals surface area contributed by atoms with E-state index in [2.05, 4.69) is 9.88 Å². The van der Waals surface area contributed by atoms with Crippen LogP contribution in [0.15, 0.2) is 18.3 Å². The number of aliphatic hydroxyl groups is 1. The molecule has 0 spiro atoms. The van der Waals surface area contributed by atoms with Crippen LogP contribution in [0.25, 0.3) is 0 Å². The second-order valence-corrected chi connectivity index (χ2v) is 3.30. The number of aliphatic hydroxyl groups excluding tert-OH is 1. The predicted octanol–water partition coefficient (Wildman–Crippen LogP) is 0.514. The first kappa shape index (κ1) is 10.9. The van der Waals surface area contributed by atoms with Crippen LogP contribution in [0.4, 0.5) is 0 Å². The van der Waals surface area contributed by atoms with Gasteiger partial charge in [-0.25, -0.2) is 0 Å². The van der Waals surface area contributed by atoms with Crippen molar-refractivity contribution < 1.29 is 9.84 Å². The quantitative estimate of drug-likeness (QED) is 0.745. The molecule has 0 bridgehead atoms. The Hall–Kier alpha value is -1.13. The summed E-state index contributed by atoms with van der Waals surface area (Å²) in [6, 6.07) is 3.57. The monoisotopic (exact) mass is 196 g/mol. The van der Waals surface area contributed by atoms with Gasteiger partial charge in [0.25, 0.3) is 0 Å². The van der Waals surface area contributed by atoms with Gasteiger partial charge in [-0.15, -0.1) is 0 Å². The first-order valence-corrected chi connectivity index (χ1v) is 4.55.